The fourth-order valence-electron chi connectivity index (χ4n) is 3.12. The van der Waals surface area contributed by atoms with Crippen LogP contribution in [0.4, 0.5) is 16.4 Å². The molecule has 2 N–H and O–H groups in total. The van der Waals surface area contributed by atoms with Gasteiger partial charge in [0.25, 0.3) is 0 Å². The first kappa shape index (κ1) is 17.3. The fourth-order valence-corrected chi connectivity index (χ4v) is 3.91. The Morgan fingerprint density at radius 2 is 1.97 bits per heavy atom. The van der Waals surface area contributed by atoms with Gasteiger partial charge in [0.2, 0.25) is 0 Å². The van der Waals surface area contributed by atoms with Gasteiger partial charge >= 0.3 is 6.03 Å². The highest BCUT2D eigenvalue weighted by molar-refractivity contribution is 7.17. The normalized spacial score (nSPS) is 11.0. The molecule has 5 rings (SSSR count). The van der Waals surface area contributed by atoms with E-state index in [9.17, 15) is 4.79 Å². The number of para-hydroxylation sites is 1. The minimum atomic E-state index is -0.407. The van der Waals surface area contributed by atoms with E-state index in [0.717, 1.165) is 26.7 Å². The zero-order valence-corrected chi connectivity index (χ0v) is 15.9. The molecule has 1 aromatic carbocycles. The quantitative estimate of drug-likeness (QED) is 0.472. The Kier molecular flexibility index (Phi) is 4.34. The molecular formula is C20H15N7OS. The van der Waals surface area contributed by atoms with Crippen molar-refractivity contribution >= 4 is 50.1 Å². The van der Waals surface area contributed by atoms with Gasteiger partial charge in [-0.25, -0.2) is 14.8 Å². The van der Waals surface area contributed by atoms with E-state index in [1.54, 1.807) is 16.9 Å². The van der Waals surface area contributed by atoms with E-state index in [1.807, 2.05) is 48.0 Å². The summed E-state index contributed by atoms with van der Waals surface area (Å²) in [6.07, 6.45) is 5.03. The van der Waals surface area contributed by atoms with Gasteiger partial charge in [0.05, 0.1) is 22.3 Å². The number of amides is 2. The van der Waals surface area contributed by atoms with Crippen LogP contribution in [0.25, 0.3) is 21.1 Å². The molecule has 0 saturated heterocycles. The SMILES string of the molecule is O=C(Nc1ccn(Cc2cccc3cccnc23)n1)Nc1ncnc2ccsc12. The molecule has 0 bridgehead atoms. The second-order valence-electron chi connectivity index (χ2n) is 6.33. The van der Waals surface area contributed by atoms with Gasteiger partial charge in [-0.05, 0) is 23.1 Å². The summed E-state index contributed by atoms with van der Waals surface area (Å²) in [5, 5.41) is 12.9. The number of nitrogens with one attached hydrogen (secondary N) is 2. The first-order chi connectivity index (χ1) is 14.3. The minimum Gasteiger partial charge on any atom is -0.291 e. The molecule has 0 radical (unpaired) electrons. The van der Waals surface area contributed by atoms with Crippen LogP contribution in [-0.4, -0.2) is 30.8 Å². The summed E-state index contributed by atoms with van der Waals surface area (Å²) >= 11 is 1.48. The van der Waals surface area contributed by atoms with Crippen molar-refractivity contribution in [2.45, 2.75) is 6.54 Å². The molecule has 9 heteroatoms. The zero-order valence-electron chi connectivity index (χ0n) is 15.1. The molecule has 8 nitrogen and oxygen atoms in total. The van der Waals surface area contributed by atoms with E-state index in [0.29, 0.717) is 18.2 Å². The highest BCUT2D eigenvalue weighted by Crippen LogP contribution is 2.24. The first-order valence-corrected chi connectivity index (χ1v) is 9.76. The monoisotopic (exact) mass is 401 g/mol. The van der Waals surface area contributed by atoms with Crippen molar-refractivity contribution in [2.75, 3.05) is 10.6 Å². The van der Waals surface area contributed by atoms with Gasteiger partial charge in [-0.3, -0.25) is 20.3 Å². The first-order valence-electron chi connectivity index (χ1n) is 8.88. The van der Waals surface area contributed by atoms with Crippen LogP contribution >= 0.6 is 11.3 Å². The molecular weight excluding hydrogens is 386 g/mol. The maximum absolute atomic E-state index is 12.4. The second kappa shape index (κ2) is 7.28. The van der Waals surface area contributed by atoms with Crippen LogP contribution in [0.3, 0.4) is 0 Å². The number of carbonyl (C=O) groups excluding carboxylic acids is 1. The van der Waals surface area contributed by atoms with Gasteiger partial charge in [0.15, 0.2) is 11.6 Å². The number of thiophene rings is 1. The third-order valence-corrected chi connectivity index (χ3v) is 5.32. The molecule has 0 aliphatic heterocycles. The van der Waals surface area contributed by atoms with Gasteiger partial charge in [-0.15, -0.1) is 11.3 Å². The van der Waals surface area contributed by atoms with Crippen LogP contribution in [0.15, 0.2) is 66.6 Å². The van der Waals surface area contributed by atoms with Gasteiger partial charge in [-0.1, -0.05) is 24.3 Å². The predicted molar refractivity (Wildman–Crippen MR) is 113 cm³/mol. The number of anilines is 2. The number of fused-ring (bicyclic) bond motifs is 2. The van der Waals surface area contributed by atoms with Crippen molar-refractivity contribution in [3.63, 3.8) is 0 Å². The number of nitrogens with zero attached hydrogens (tertiary/aromatic N) is 5. The highest BCUT2D eigenvalue weighted by Gasteiger charge is 2.11. The lowest BCUT2D eigenvalue weighted by Crippen LogP contribution is -2.20. The van der Waals surface area contributed by atoms with Gasteiger partial charge < -0.3 is 0 Å². The lowest BCUT2D eigenvalue weighted by atomic mass is 10.1. The van der Waals surface area contributed by atoms with Gasteiger partial charge in [-0.2, -0.15) is 5.10 Å². The van der Waals surface area contributed by atoms with Crippen LogP contribution in [0, 0.1) is 0 Å². The summed E-state index contributed by atoms with van der Waals surface area (Å²) in [4.78, 5) is 25.1. The van der Waals surface area contributed by atoms with Crippen LogP contribution in [0.1, 0.15) is 5.56 Å². The molecule has 0 spiro atoms. The highest BCUT2D eigenvalue weighted by atomic mass is 32.1. The van der Waals surface area contributed by atoms with Crippen LogP contribution < -0.4 is 10.6 Å². The average Bonchev–Trinajstić information content (AvgIpc) is 3.38. The van der Waals surface area contributed by atoms with E-state index in [4.69, 9.17) is 0 Å². The van der Waals surface area contributed by atoms with Crippen molar-refractivity contribution in [3.05, 3.63) is 72.1 Å². The molecule has 0 saturated carbocycles. The lowest BCUT2D eigenvalue weighted by Gasteiger charge is -2.07. The van der Waals surface area contributed by atoms with Gasteiger partial charge in [0.1, 0.15) is 6.33 Å². The number of pyridine rings is 1. The molecule has 0 aliphatic carbocycles. The molecule has 2 amide bonds. The van der Waals surface area contributed by atoms with Crippen molar-refractivity contribution in [1.29, 1.82) is 0 Å². The Hall–Kier alpha value is -3.85. The zero-order chi connectivity index (χ0) is 19.6. The topological polar surface area (TPSA) is 97.6 Å². The van der Waals surface area contributed by atoms with E-state index >= 15 is 0 Å². The van der Waals surface area contributed by atoms with Crippen molar-refractivity contribution in [1.82, 2.24) is 24.7 Å². The molecule has 29 heavy (non-hydrogen) atoms. The number of aromatic nitrogens is 5. The smallest absolute Gasteiger partial charge is 0.291 e. The van der Waals surface area contributed by atoms with Crippen LogP contribution in [0.2, 0.25) is 0 Å². The molecule has 142 valence electrons. The standard InChI is InChI=1S/C20H15N7OS/c28-20(25-19-18-15(7-10-29-18)22-12-23-19)24-16-6-9-27(26-16)11-14-4-1-3-13-5-2-8-21-17(13)14/h1-10,12H,11H2,(H2,22,23,24,25,26,28). The summed E-state index contributed by atoms with van der Waals surface area (Å²) in [5.41, 5.74) is 2.80. The predicted octanol–water partition coefficient (Wildman–Crippen LogP) is 4.13. The Labute approximate surface area is 169 Å². The minimum absolute atomic E-state index is 0.407. The number of rotatable bonds is 4. The number of hydrogen-bond acceptors (Lipinski definition) is 6. The van der Waals surface area contributed by atoms with Crippen molar-refractivity contribution in [2.24, 2.45) is 0 Å². The van der Waals surface area contributed by atoms with Gasteiger partial charge in [0, 0.05) is 23.8 Å². The van der Waals surface area contributed by atoms with E-state index in [1.165, 1.54) is 17.7 Å². The molecule has 5 aromatic rings. The molecule has 0 atom stereocenters. The molecule has 0 unspecified atom stereocenters. The maximum atomic E-state index is 12.4. The number of hydrogen-bond donors (Lipinski definition) is 2. The summed E-state index contributed by atoms with van der Waals surface area (Å²) in [5.74, 6) is 0.927. The molecule has 4 heterocycles. The number of benzene rings is 1. The summed E-state index contributed by atoms with van der Waals surface area (Å²) in [6.45, 7) is 0.555. The average molecular weight is 401 g/mol. The molecule has 0 fully saturated rings. The van der Waals surface area contributed by atoms with Crippen LogP contribution in [-0.2, 0) is 6.54 Å². The summed E-state index contributed by atoms with van der Waals surface area (Å²) in [6, 6.07) is 13.2. The number of urea groups is 1. The third-order valence-electron chi connectivity index (χ3n) is 4.41. The summed E-state index contributed by atoms with van der Waals surface area (Å²) in [7, 11) is 0. The van der Waals surface area contributed by atoms with Crippen molar-refractivity contribution < 1.29 is 4.79 Å². The lowest BCUT2D eigenvalue weighted by molar-refractivity contribution is 0.262. The van der Waals surface area contributed by atoms with Crippen molar-refractivity contribution in [3.8, 4) is 0 Å². The van der Waals surface area contributed by atoms with E-state index in [2.05, 4.69) is 30.7 Å². The second-order valence-corrected chi connectivity index (χ2v) is 7.24. The number of carbonyl (C=O) groups is 1. The largest absolute Gasteiger partial charge is 0.326 e. The summed E-state index contributed by atoms with van der Waals surface area (Å²) < 4.78 is 2.60. The Morgan fingerprint density at radius 1 is 1.03 bits per heavy atom. The third kappa shape index (κ3) is 3.50. The van der Waals surface area contributed by atoms with E-state index in [-0.39, 0.29) is 0 Å². The molecule has 4 aromatic heterocycles. The molecule has 0 aliphatic rings. The Morgan fingerprint density at radius 3 is 2.93 bits per heavy atom. The fraction of sp³-hybridized carbons (Fsp3) is 0.0500. The van der Waals surface area contributed by atoms with Crippen LogP contribution in [0.5, 0.6) is 0 Å². The maximum Gasteiger partial charge on any atom is 0.326 e. The van der Waals surface area contributed by atoms with E-state index < -0.39 is 6.03 Å². The Balaban J connectivity index is 1.30. The Bertz CT molecular complexity index is 1320.